The van der Waals surface area contributed by atoms with Gasteiger partial charge < -0.3 is 5.32 Å². The average Bonchev–Trinajstić information content (AvgIpc) is 2.36. The van der Waals surface area contributed by atoms with Gasteiger partial charge in [-0.05, 0) is 69.7 Å². The summed E-state index contributed by atoms with van der Waals surface area (Å²) < 4.78 is 0. The Labute approximate surface area is 121 Å². The van der Waals surface area contributed by atoms with Crippen LogP contribution in [0.4, 0.5) is 0 Å². The molecule has 0 spiro atoms. The second-order valence-electron chi connectivity index (χ2n) is 7.04. The molecule has 1 heterocycles. The number of aromatic nitrogens is 1. The van der Waals surface area contributed by atoms with Crippen LogP contribution >= 0.6 is 0 Å². The van der Waals surface area contributed by atoms with Crippen LogP contribution in [0.1, 0.15) is 45.1 Å². The molecule has 106 valence electrons. The van der Waals surface area contributed by atoms with Gasteiger partial charge in [-0.25, -0.2) is 0 Å². The molecule has 0 radical (unpaired) electrons. The minimum absolute atomic E-state index is 0.210. The third-order valence-corrected chi connectivity index (χ3v) is 4.35. The van der Waals surface area contributed by atoms with E-state index in [1.807, 2.05) is 0 Å². The van der Waals surface area contributed by atoms with Gasteiger partial charge in [0.1, 0.15) is 0 Å². The number of hydrogen-bond donors (Lipinski definition) is 1. The zero-order valence-electron chi connectivity index (χ0n) is 12.7. The number of nitrogens with one attached hydrogen (secondary N) is 1. The number of fused-ring (bicyclic) bond motifs is 1. The Morgan fingerprint density at radius 2 is 2.00 bits per heavy atom. The van der Waals surface area contributed by atoms with E-state index in [1.165, 1.54) is 23.8 Å². The monoisotopic (exact) mass is 268 g/mol. The normalized spacial score (nSPS) is 22.8. The van der Waals surface area contributed by atoms with Crippen molar-refractivity contribution < 1.29 is 0 Å². The van der Waals surface area contributed by atoms with E-state index in [0.717, 1.165) is 18.0 Å². The summed E-state index contributed by atoms with van der Waals surface area (Å²) in [7, 11) is 0. The summed E-state index contributed by atoms with van der Waals surface area (Å²) in [4.78, 5) is 4.61. The van der Waals surface area contributed by atoms with Crippen molar-refractivity contribution in [3.8, 4) is 0 Å². The van der Waals surface area contributed by atoms with Gasteiger partial charge in [-0.3, -0.25) is 4.98 Å². The molecule has 1 aliphatic carbocycles. The van der Waals surface area contributed by atoms with E-state index >= 15 is 0 Å². The van der Waals surface area contributed by atoms with Gasteiger partial charge in [0, 0.05) is 17.1 Å². The first kappa shape index (κ1) is 13.6. The lowest BCUT2D eigenvalue weighted by molar-refractivity contribution is 0.225. The largest absolute Gasteiger partial charge is 0.312 e. The fourth-order valence-corrected chi connectivity index (χ4v) is 2.98. The predicted octanol–water partition coefficient (Wildman–Crippen LogP) is 4.12. The van der Waals surface area contributed by atoms with Crippen molar-refractivity contribution in [2.45, 2.75) is 45.1 Å². The molecule has 0 saturated heterocycles. The molecular weight excluding hydrogens is 244 g/mol. The van der Waals surface area contributed by atoms with E-state index in [4.69, 9.17) is 0 Å². The minimum Gasteiger partial charge on any atom is -0.312 e. The van der Waals surface area contributed by atoms with Crippen LogP contribution in [-0.4, -0.2) is 17.1 Å². The predicted molar refractivity (Wildman–Crippen MR) is 85.0 cm³/mol. The van der Waals surface area contributed by atoms with Gasteiger partial charge in [-0.2, -0.15) is 0 Å². The first-order valence-electron chi connectivity index (χ1n) is 7.63. The molecule has 2 unspecified atom stereocenters. The van der Waals surface area contributed by atoms with Crippen LogP contribution < -0.4 is 5.32 Å². The van der Waals surface area contributed by atoms with E-state index in [9.17, 15) is 0 Å². The molecule has 0 aliphatic heterocycles. The molecule has 20 heavy (non-hydrogen) atoms. The fourth-order valence-electron chi connectivity index (χ4n) is 2.98. The zero-order chi connectivity index (χ0) is 14.2. The molecule has 2 atom stereocenters. The van der Waals surface area contributed by atoms with E-state index in [1.54, 1.807) is 0 Å². The van der Waals surface area contributed by atoms with E-state index < -0.39 is 0 Å². The zero-order valence-corrected chi connectivity index (χ0v) is 12.7. The van der Waals surface area contributed by atoms with Gasteiger partial charge in [0.2, 0.25) is 0 Å². The van der Waals surface area contributed by atoms with Crippen LogP contribution in [0.15, 0.2) is 36.5 Å². The number of pyridine rings is 1. The van der Waals surface area contributed by atoms with Gasteiger partial charge in [-0.1, -0.05) is 18.2 Å². The van der Waals surface area contributed by atoms with E-state index in [0.29, 0.717) is 5.92 Å². The number of rotatable bonds is 3. The lowest BCUT2D eigenvalue weighted by Crippen LogP contribution is -2.42. The van der Waals surface area contributed by atoms with Crippen LogP contribution in [0.25, 0.3) is 10.9 Å². The third-order valence-electron chi connectivity index (χ3n) is 4.35. The average molecular weight is 268 g/mol. The maximum absolute atomic E-state index is 4.61. The topological polar surface area (TPSA) is 24.9 Å². The Kier molecular flexibility index (Phi) is 3.51. The summed E-state index contributed by atoms with van der Waals surface area (Å²) in [6, 6.07) is 10.7. The van der Waals surface area contributed by atoms with Crippen LogP contribution in [0.3, 0.4) is 0 Å². The standard InChI is InChI=1S/C18H24N2/c1-18(2,3)20-12-14-8-9-16(14)15-10-13-6-4-5-7-17(13)19-11-15/h4-7,10-11,14,16,20H,8-9,12H2,1-3H3. The molecule has 1 N–H and O–H groups in total. The third kappa shape index (κ3) is 2.85. The summed E-state index contributed by atoms with van der Waals surface area (Å²) in [5.74, 6) is 1.44. The molecule has 2 heteroatoms. The Morgan fingerprint density at radius 1 is 1.20 bits per heavy atom. The second-order valence-corrected chi connectivity index (χ2v) is 7.04. The molecule has 1 aromatic carbocycles. The summed E-state index contributed by atoms with van der Waals surface area (Å²) in [5, 5.41) is 4.90. The minimum atomic E-state index is 0.210. The van der Waals surface area contributed by atoms with Crippen molar-refractivity contribution in [1.29, 1.82) is 0 Å². The van der Waals surface area contributed by atoms with Crippen LogP contribution in [-0.2, 0) is 0 Å². The van der Waals surface area contributed by atoms with Crippen molar-refractivity contribution in [2.24, 2.45) is 5.92 Å². The highest BCUT2D eigenvalue weighted by atomic mass is 14.9. The molecular formula is C18H24N2. The molecule has 1 aliphatic rings. The molecule has 1 aromatic heterocycles. The van der Waals surface area contributed by atoms with Crippen LogP contribution in [0.2, 0.25) is 0 Å². The summed E-state index contributed by atoms with van der Waals surface area (Å²) in [6.45, 7) is 7.82. The quantitative estimate of drug-likeness (QED) is 0.906. The van der Waals surface area contributed by atoms with Gasteiger partial charge in [-0.15, -0.1) is 0 Å². The molecule has 0 amide bonds. The Hall–Kier alpha value is -1.41. The Balaban J connectivity index is 1.74. The molecule has 1 fully saturated rings. The first-order chi connectivity index (χ1) is 9.53. The highest BCUT2D eigenvalue weighted by molar-refractivity contribution is 5.78. The van der Waals surface area contributed by atoms with Gasteiger partial charge in [0.15, 0.2) is 0 Å². The van der Waals surface area contributed by atoms with Crippen molar-refractivity contribution in [1.82, 2.24) is 10.3 Å². The van der Waals surface area contributed by atoms with Crippen LogP contribution in [0.5, 0.6) is 0 Å². The van der Waals surface area contributed by atoms with Crippen molar-refractivity contribution >= 4 is 10.9 Å². The molecule has 3 rings (SSSR count). The van der Waals surface area contributed by atoms with Crippen molar-refractivity contribution in [2.75, 3.05) is 6.54 Å². The highest BCUT2D eigenvalue weighted by Gasteiger charge is 2.32. The maximum atomic E-state index is 4.61. The Bertz CT molecular complexity index is 598. The maximum Gasteiger partial charge on any atom is 0.0702 e. The number of para-hydroxylation sites is 1. The molecule has 2 nitrogen and oxygen atoms in total. The Morgan fingerprint density at radius 3 is 2.70 bits per heavy atom. The fraction of sp³-hybridized carbons (Fsp3) is 0.500. The molecule has 2 aromatic rings. The first-order valence-corrected chi connectivity index (χ1v) is 7.63. The lowest BCUT2D eigenvalue weighted by Gasteiger charge is -2.39. The van der Waals surface area contributed by atoms with Crippen LogP contribution in [0, 0.1) is 5.92 Å². The summed E-state index contributed by atoms with van der Waals surface area (Å²) in [6.07, 6.45) is 4.72. The van der Waals surface area contributed by atoms with Crippen molar-refractivity contribution in [3.05, 3.63) is 42.1 Å². The summed E-state index contributed by atoms with van der Waals surface area (Å²) in [5.41, 5.74) is 2.72. The van der Waals surface area contributed by atoms with E-state index in [-0.39, 0.29) is 5.54 Å². The number of benzene rings is 1. The SMILES string of the molecule is CC(C)(C)NCC1CCC1c1cnc2ccccc2c1. The molecule has 0 bridgehead atoms. The number of hydrogen-bond acceptors (Lipinski definition) is 2. The summed E-state index contributed by atoms with van der Waals surface area (Å²) >= 11 is 0. The van der Waals surface area contributed by atoms with Gasteiger partial charge in [0.05, 0.1) is 5.52 Å². The van der Waals surface area contributed by atoms with Gasteiger partial charge >= 0.3 is 0 Å². The second kappa shape index (κ2) is 5.17. The smallest absolute Gasteiger partial charge is 0.0702 e. The number of nitrogens with zero attached hydrogens (tertiary/aromatic N) is 1. The van der Waals surface area contributed by atoms with E-state index in [2.05, 4.69) is 67.6 Å². The van der Waals surface area contributed by atoms with Crippen molar-refractivity contribution in [3.63, 3.8) is 0 Å². The lowest BCUT2D eigenvalue weighted by atomic mass is 9.70. The molecule has 1 saturated carbocycles. The van der Waals surface area contributed by atoms with Gasteiger partial charge in [0.25, 0.3) is 0 Å². The highest BCUT2D eigenvalue weighted by Crippen LogP contribution is 2.42.